The Labute approximate surface area is 214 Å². The molecule has 0 aromatic rings. The molecule has 0 spiro atoms. The fourth-order valence-electron chi connectivity index (χ4n) is 5.67. The first-order valence-corrected chi connectivity index (χ1v) is 21.0. The average Bonchev–Trinajstić information content (AvgIpc) is 2.69. The molecule has 0 bridgehead atoms. The normalized spacial score (nSPS) is 32.2. The molecule has 2 rings (SSSR count). The van der Waals surface area contributed by atoms with Crippen LogP contribution in [0.25, 0.3) is 0 Å². The summed E-state index contributed by atoms with van der Waals surface area (Å²) < 4.78 is 12.6. The molecule has 4 unspecified atom stereocenters. The molecule has 0 saturated heterocycles. The van der Waals surface area contributed by atoms with E-state index in [0.29, 0.717) is 35.8 Å². The number of hydrogen-bond acceptors (Lipinski definition) is 4. The predicted molar refractivity (Wildman–Crippen MR) is 155 cm³/mol. The van der Waals surface area contributed by atoms with Gasteiger partial charge < -0.3 is 8.85 Å². The van der Waals surface area contributed by atoms with Crippen molar-refractivity contribution in [1.29, 1.82) is 0 Å². The Hall–Kier alpha value is -0.306. The Balaban J connectivity index is 2.39. The van der Waals surface area contributed by atoms with Crippen LogP contribution in [0.4, 0.5) is 0 Å². The first kappa shape index (κ1) is 29.9. The first-order chi connectivity index (χ1) is 15.8. The topological polar surface area (TPSA) is 43.2 Å². The van der Waals surface area contributed by atoms with Crippen molar-refractivity contribution >= 4 is 28.1 Å². The third kappa shape index (κ3) is 10.4. The van der Waals surface area contributed by atoms with Gasteiger partial charge in [-0.1, -0.05) is 40.5 Å². The molecule has 2 fully saturated rings. The minimum Gasteiger partial charge on any atom is -0.417 e. The van der Waals surface area contributed by atoms with Crippen LogP contribution < -0.4 is 0 Å². The minimum atomic E-state index is -1.57. The zero-order valence-corrected chi connectivity index (χ0v) is 26.2. The Morgan fingerprint density at radius 3 is 1.15 bits per heavy atom. The molecule has 0 heterocycles. The highest BCUT2D eigenvalue weighted by molar-refractivity contribution is 6.70. The lowest BCUT2D eigenvalue weighted by Gasteiger charge is -2.34. The van der Waals surface area contributed by atoms with E-state index in [4.69, 9.17) is 18.8 Å². The van der Waals surface area contributed by atoms with Gasteiger partial charge in [0.25, 0.3) is 0 Å². The Kier molecular flexibility index (Phi) is 11.7. The van der Waals surface area contributed by atoms with Gasteiger partial charge in [0, 0.05) is 26.1 Å². The van der Waals surface area contributed by atoms with Gasteiger partial charge in [-0.25, -0.2) is 0 Å². The van der Waals surface area contributed by atoms with E-state index in [1.807, 2.05) is 0 Å². The third-order valence-electron chi connectivity index (χ3n) is 7.66. The van der Waals surface area contributed by atoms with Crippen molar-refractivity contribution in [3.05, 3.63) is 0 Å². The molecule has 0 radical (unpaired) electrons. The molecule has 0 aromatic carbocycles. The number of rotatable bonds is 11. The van der Waals surface area contributed by atoms with Crippen molar-refractivity contribution in [2.45, 2.75) is 130 Å². The highest BCUT2D eigenvalue weighted by atomic mass is 28.4. The van der Waals surface area contributed by atoms with Crippen LogP contribution in [0, 0.1) is 23.7 Å². The fraction of sp³-hybridized carbons (Fsp3) is 0.929. The summed E-state index contributed by atoms with van der Waals surface area (Å²) in [6.45, 7) is 24.8. The van der Waals surface area contributed by atoms with Crippen LogP contribution in [0.15, 0.2) is 9.98 Å². The molecule has 2 aliphatic carbocycles. The van der Waals surface area contributed by atoms with Crippen LogP contribution in [0.5, 0.6) is 0 Å². The SMILES string of the molecule is CC1CCCC(C)C1N=C(CCO[Si](C)(C)C)C(CCO[Si](C)(C)C)=NC1C(C)CCCC1C. The quantitative estimate of drug-likeness (QED) is 0.209. The van der Waals surface area contributed by atoms with Crippen LogP contribution in [0.1, 0.15) is 79.1 Å². The molecule has 4 atom stereocenters. The van der Waals surface area contributed by atoms with Crippen molar-refractivity contribution in [2.24, 2.45) is 33.7 Å². The van der Waals surface area contributed by atoms with Gasteiger partial charge in [0.2, 0.25) is 0 Å². The molecular formula is C28H56N2O2Si2. The lowest BCUT2D eigenvalue weighted by Crippen LogP contribution is -2.35. The van der Waals surface area contributed by atoms with E-state index in [9.17, 15) is 0 Å². The van der Waals surface area contributed by atoms with E-state index < -0.39 is 16.6 Å². The minimum absolute atomic E-state index is 0.403. The van der Waals surface area contributed by atoms with E-state index in [-0.39, 0.29) is 0 Å². The molecule has 0 amide bonds. The maximum absolute atomic E-state index is 6.32. The zero-order valence-electron chi connectivity index (χ0n) is 24.2. The second-order valence-corrected chi connectivity index (χ2v) is 22.4. The van der Waals surface area contributed by atoms with Crippen molar-refractivity contribution in [2.75, 3.05) is 13.2 Å². The van der Waals surface area contributed by atoms with E-state index in [1.165, 1.54) is 49.9 Å². The summed E-state index contributed by atoms with van der Waals surface area (Å²) in [7, 11) is -3.13. The summed E-state index contributed by atoms with van der Waals surface area (Å²) in [4.78, 5) is 11.1. The molecule has 2 saturated carbocycles. The van der Waals surface area contributed by atoms with Gasteiger partial charge in [0.1, 0.15) is 0 Å². The van der Waals surface area contributed by atoms with E-state index in [0.717, 1.165) is 26.1 Å². The van der Waals surface area contributed by atoms with Crippen molar-refractivity contribution in [1.82, 2.24) is 0 Å². The van der Waals surface area contributed by atoms with Crippen LogP contribution in [-0.2, 0) is 8.85 Å². The van der Waals surface area contributed by atoms with E-state index in [2.05, 4.69) is 67.0 Å². The van der Waals surface area contributed by atoms with Gasteiger partial charge >= 0.3 is 0 Å². The molecule has 6 heteroatoms. The van der Waals surface area contributed by atoms with Crippen LogP contribution in [0.3, 0.4) is 0 Å². The number of aliphatic imine (C=N–C) groups is 2. The maximum atomic E-state index is 6.32. The van der Waals surface area contributed by atoms with Crippen molar-refractivity contribution in [3.8, 4) is 0 Å². The van der Waals surface area contributed by atoms with Gasteiger partial charge in [0.05, 0.1) is 23.5 Å². The molecule has 198 valence electrons. The summed E-state index contributed by atoms with van der Waals surface area (Å²) in [6, 6.07) is 0.805. The van der Waals surface area contributed by atoms with Crippen molar-refractivity contribution in [3.63, 3.8) is 0 Å². The second kappa shape index (κ2) is 13.3. The Morgan fingerprint density at radius 2 is 0.882 bits per heavy atom. The number of nitrogens with zero attached hydrogens (tertiary/aromatic N) is 2. The highest BCUT2D eigenvalue weighted by Crippen LogP contribution is 2.33. The first-order valence-electron chi connectivity index (χ1n) is 14.2. The zero-order chi connectivity index (χ0) is 25.5. The van der Waals surface area contributed by atoms with Crippen LogP contribution in [0.2, 0.25) is 39.3 Å². The predicted octanol–water partition coefficient (Wildman–Crippen LogP) is 8.00. The lowest BCUT2D eigenvalue weighted by molar-refractivity contribution is 0.250. The fourth-order valence-corrected chi connectivity index (χ4v) is 7.10. The molecule has 2 aliphatic rings. The second-order valence-electron chi connectivity index (χ2n) is 13.3. The summed E-state index contributed by atoms with van der Waals surface area (Å²) in [5.74, 6) is 2.57. The summed E-state index contributed by atoms with van der Waals surface area (Å²) in [5.41, 5.74) is 2.43. The molecule has 4 nitrogen and oxygen atoms in total. The van der Waals surface area contributed by atoms with Gasteiger partial charge in [0.15, 0.2) is 16.6 Å². The van der Waals surface area contributed by atoms with E-state index >= 15 is 0 Å². The van der Waals surface area contributed by atoms with Gasteiger partial charge in [-0.3, -0.25) is 9.98 Å². The molecule has 0 aliphatic heterocycles. The molecule has 0 aromatic heterocycles. The highest BCUT2D eigenvalue weighted by Gasteiger charge is 2.31. The summed E-state index contributed by atoms with van der Waals surface area (Å²) >= 11 is 0. The average molecular weight is 509 g/mol. The Morgan fingerprint density at radius 1 is 0.588 bits per heavy atom. The van der Waals surface area contributed by atoms with Gasteiger partial charge in [-0.05, 0) is 88.6 Å². The number of hydrogen-bond donors (Lipinski definition) is 0. The maximum Gasteiger partial charge on any atom is 0.183 e. The van der Waals surface area contributed by atoms with Crippen LogP contribution in [-0.4, -0.2) is 53.4 Å². The van der Waals surface area contributed by atoms with E-state index in [1.54, 1.807) is 0 Å². The summed E-state index contributed by atoms with van der Waals surface area (Å²) in [6.07, 6.45) is 9.59. The molecule has 34 heavy (non-hydrogen) atoms. The summed E-state index contributed by atoms with van der Waals surface area (Å²) in [5, 5.41) is 0. The lowest BCUT2D eigenvalue weighted by atomic mass is 9.78. The van der Waals surface area contributed by atoms with Gasteiger partial charge in [-0.2, -0.15) is 0 Å². The molecule has 0 N–H and O–H groups in total. The largest absolute Gasteiger partial charge is 0.417 e. The van der Waals surface area contributed by atoms with Crippen LogP contribution >= 0.6 is 0 Å². The van der Waals surface area contributed by atoms with Gasteiger partial charge in [-0.15, -0.1) is 0 Å². The molecular weight excluding hydrogens is 452 g/mol. The third-order valence-corrected chi connectivity index (χ3v) is 9.80. The Bertz CT molecular complexity index is 603. The van der Waals surface area contributed by atoms with Crippen molar-refractivity contribution < 1.29 is 8.85 Å². The monoisotopic (exact) mass is 508 g/mol. The standard InChI is InChI=1S/C28H56N2O2Si2/c1-21-13-11-14-22(2)27(21)29-25(17-19-31-33(5,6)7)26(18-20-32-34(8,9)10)30-28-23(3)15-12-16-24(28)4/h21-24,27-28H,11-20H2,1-10H3. The smallest absolute Gasteiger partial charge is 0.183 e.